The van der Waals surface area contributed by atoms with Crippen LogP contribution in [0, 0.1) is 0 Å². The molecule has 2 N–H and O–H groups in total. The van der Waals surface area contributed by atoms with Crippen molar-refractivity contribution in [1.29, 1.82) is 0 Å². The van der Waals surface area contributed by atoms with E-state index >= 15 is 0 Å². The zero-order valence-corrected chi connectivity index (χ0v) is 60.6. The minimum atomic E-state index is -4.63. The van der Waals surface area contributed by atoms with E-state index in [4.69, 9.17) is 9.05 Å². The van der Waals surface area contributed by atoms with Gasteiger partial charge in [-0.1, -0.05) is 346 Å². The van der Waals surface area contributed by atoms with Crippen molar-refractivity contribution in [2.75, 3.05) is 40.9 Å². The van der Waals surface area contributed by atoms with E-state index in [0.29, 0.717) is 17.4 Å². The summed E-state index contributed by atoms with van der Waals surface area (Å²) in [5.74, 6) is -0.218. The quantitative estimate of drug-likeness (QED) is 0.0272. The number of carbonyl (C=O) groups is 1. The minimum absolute atomic E-state index is 0.0148. The van der Waals surface area contributed by atoms with E-state index in [0.717, 1.165) is 116 Å². The molecule has 0 saturated carbocycles. The predicted molar refractivity (Wildman–Crippen MR) is 398 cm³/mol. The molecule has 0 fully saturated rings. The van der Waals surface area contributed by atoms with Crippen molar-refractivity contribution in [2.45, 2.75) is 328 Å². The van der Waals surface area contributed by atoms with Crippen LogP contribution in [0.5, 0.6) is 0 Å². The fraction of sp³-hybridized carbons (Fsp3) is 0.695. The first-order valence-corrected chi connectivity index (χ1v) is 39.2. The number of nitrogens with one attached hydrogen (secondary N) is 1. The van der Waals surface area contributed by atoms with Gasteiger partial charge in [0.2, 0.25) is 5.91 Å². The number of likely N-dealkylation sites (N-methyl/N-ethyl adjacent to an activating group) is 1. The molecule has 0 aliphatic carbocycles. The Bertz CT molecular complexity index is 2000. The number of phosphoric acid groups is 1. The highest BCUT2D eigenvalue weighted by Gasteiger charge is 2.23. The van der Waals surface area contributed by atoms with Gasteiger partial charge in [0.05, 0.1) is 39.9 Å². The molecule has 0 saturated heterocycles. The largest absolute Gasteiger partial charge is 0.756 e. The number of hydrogen-bond acceptors (Lipinski definition) is 6. The number of carbonyl (C=O) groups excluding carboxylic acids is 1. The lowest BCUT2D eigenvalue weighted by Crippen LogP contribution is -2.45. The van der Waals surface area contributed by atoms with Gasteiger partial charge in [0.25, 0.3) is 7.82 Å². The molecule has 0 aromatic rings. The van der Waals surface area contributed by atoms with E-state index in [9.17, 15) is 19.4 Å². The lowest BCUT2D eigenvalue weighted by atomic mass is 10.0. The number of nitrogens with zero attached hydrogens (tertiary/aromatic N) is 1. The van der Waals surface area contributed by atoms with Crippen molar-refractivity contribution < 1.29 is 32.9 Å². The van der Waals surface area contributed by atoms with Crippen LogP contribution in [-0.2, 0) is 18.4 Å². The van der Waals surface area contributed by atoms with E-state index in [1.165, 1.54) is 180 Å². The molecule has 0 aliphatic heterocycles. The smallest absolute Gasteiger partial charge is 0.268 e. The topological polar surface area (TPSA) is 108 Å². The summed E-state index contributed by atoms with van der Waals surface area (Å²) in [5, 5.41) is 14.0. The monoisotopic (exact) mass is 1280 g/mol. The van der Waals surface area contributed by atoms with Crippen LogP contribution in [0.25, 0.3) is 0 Å². The summed E-state index contributed by atoms with van der Waals surface area (Å²) in [5.41, 5.74) is 0. The average molecular weight is 1280 g/mol. The van der Waals surface area contributed by atoms with Crippen LogP contribution in [0.4, 0.5) is 0 Å². The molecular formula is C82H143N2O6P. The van der Waals surface area contributed by atoms with Crippen molar-refractivity contribution in [3.8, 4) is 0 Å². The SMILES string of the molecule is CC/C=C\C/C=C\C/C=C\C/C=C\C/C=C\C/C=C\C/C=C\C/C=C\C/C=C\C/C=C\CCCCCCCCCCC(=O)NC(COP(=O)([O-])OCC[N+](C)(C)C)C(O)/C=C/CC/C=C/CCCCCCCCCCCCCCCCCCCCCCCCCC. The molecule has 0 aromatic carbocycles. The second kappa shape index (κ2) is 70.7. The highest BCUT2D eigenvalue weighted by Crippen LogP contribution is 2.38. The molecule has 0 spiro atoms. The first-order valence-electron chi connectivity index (χ1n) is 37.7. The number of aliphatic hydroxyl groups is 1. The maximum absolute atomic E-state index is 13.1. The molecule has 3 atom stereocenters. The third-order valence-electron chi connectivity index (χ3n) is 16.3. The van der Waals surface area contributed by atoms with Crippen molar-refractivity contribution in [1.82, 2.24) is 5.32 Å². The Labute approximate surface area is 563 Å². The highest BCUT2D eigenvalue weighted by atomic mass is 31.2. The van der Waals surface area contributed by atoms with Gasteiger partial charge in [-0.05, 0) is 109 Å². The number of quaternary nitrogens is 1. The van der Waals surface area contributed by atoms with Gasteiger partial charge in [-0.25, -0.2) is 0 Å². The normalized spacial score (nSPS) is 14.4. The standard InChI is InChI=1S/C82H143N2O6P/c1-6-8-10-12-14-16-18-20-22-24-26-28-30-32-34-36-38-39-40-41-42-43-44-45-46-48-50-52-54-56-58-60-62-64-66-68-70-72-74-76-82(86)83-80(79-90-91(87,88)89-78-77-84(3,4)5)81(85)75-73-71-69-67-65-63-61-59-57-55-53-51-49-47-37-35-33-31-29-27-25-23-21-19-17-15-13-11-9-7-2/h8,10,14,16,20,22,26,28,32,34,38-39,41-42,44-45,48,50,54,56,65,67,73,75,80-81,85H,6-7,9,11-13,15,17-19,21,23-25,27,29-31,33,35-37,40,43,46-47,49,51-53,55,57-64,66,68-72,74,76-79H2,1-5H3,(H-,83,86,87,88)/b10-8-,16-14-,22-20-,28-26-,34-32-,39-38-,42-41-,45-44-,50-48-,56-54-,67-65+,75-73+. The number of aliphatic hydroxyl groups excluding tert-OH is 1. The highest BCUT2D eigenvalue weighted by molar-refractivity contribution is 7.45. The minimum Gasteiger partial charge on any atom is -0.756 e. The number of hydrogen-bond donors (Lipinski definition) is 2. The van der Waals surface area contributed by atoms with Gasteiger partial charge < -0.3 is 28.8 Å². The molecule has 0 aliphatic rings. The molecule has 522 valence electrons. The van der Waals surface area contributed by atoms with Crippen molar-refractivity contribution >= 4 is 13.7 Å². The molecule has 91 heavy (non-hydrogen) atoms. The first kappa shape index (κ1) is 87.4. The second-order valence-corrected chi connectivity index (χ2v) is 27.7. The summed E-state index contributed by atoms with van der Waals surface area (Å²) in [6, 6.07) is -0.921. The van der Waals surface area contributed by atoms with Gasteiger partial charge in [-0.15, -0.1) is 0 Å². The predicted octanol–water partition coefficient (Wildman–Crippen LogP) is 24.1. The molecule has 1 amide bonds. The molecule has 0 rings (SSSR count). The zero-order chi connectivity index (χ0) is 66.2. The van der Waals surface area contributed by atoms with Gasteiger partial charge >= 0.3 is 0 Å². The van der Waals surface area contributed by atoms with Crippen molar-refractivity contribution in [2.24, 2.45) is 0 Å². The van der Waals surface area contributed by atoms with Gasteiger partial charge in [0.15, 0.2) is 0 Å². The fourth-order valence-corrected chi connectivity index (χ4v) is 11.2. The summed E-state index contributed by atoms with van der Waals surface area (Å²) in [7, 11) is 1.23. The molecule has 0 bridgehead atoms. The van der Waals surface area contributed by atoms with Gasteiger partial charge in [-0.3, -0.25) is 9.36 Å². The van der Waals surface area contributed by atoms with E-state index < -0.39 is 26.6 Å². The van der Waals surface area contributed by atoms with Crippen LogP contribution in [0.3, 0.4) is 0 Å². The number of unbranched alkanes of at least 4 members (excludes halogenated alkanes) is 33. The summed E-state index contributed by atoms with van der Waals surface area (Å²) in [6.45, 7) is 4.53. The lowest BCUT2D eigenvalue weighted by molar-refractivity contribution is -0.870. The third kappa shape index (κ3) is 73.7. The van der Waals surface area contributed by atoms with E-state index in [-0.39, 0.29) is 12.5 Å². The summed E-state index contributed by atoms with van der Waals surface area (Å²) in [4.78, 5) is 25.7. The Morgan fingerprint density at radius 2 is 0.681 bits per heavy atom. The van der Waals surface area contributed by atoms with Crippen LogP contribution >= 0.6 is 7.82 Å². The number of allylic oxidation sites excluding steroid dienone is 23. The summed E-state index contributed by atoms with van der Waals surface area (Å²) in [6.07, 6.45) is 108. The molecule has 8 nitrogen and oxygen atoms in total. The second-order valence-electron chi connectivity index (χ2n) is 26.3. The molecule has 9 heteroatoms. The summed E-state index contributed by atoms with van der Waals surface area (Å²) < 4.78 is 23.5. The van der Waals surface area contributed by atoms with Gasteiger partial charge in [0.1, 0.15) is 13.2 Å². The molecule has 0 aromatic heterocycles. The van der Waals surface area contributed by atoms with E-state index in [1.54, 1.807) is 6.08 Å². The Hall–Kier alpha value is -3.62. The lowest BCUT2D eigenvalue weighted by Gasteiger charge is -2.29. The van der Waals surface area contributed by atoms with E-state index in [1.807, 2.05) is 27.2 Å². The molecule has 3 unspecified atom stereocenters. The van der Waals surface area contributed by atoms with Crippen LogP contribution < -0.4 is 10.2 Å². The van der Waals surface area contributed by atoms with E-state index in [2.05, 4.69) is 153 Å². The average Bonchev–Trinajstić information content (AvgIpc) is 3.58. The molecule has 0 heterocycles. The molecular weight excluding hydrogens is 1140 g/mol. The Morgan fingerprint density at radius 3 is 1.02 bits per heavy atom. The van der Waals surface area contributed by atoms with Crippen LogP contribution in [0.2, 0.25) is 0 Å². The van der Waals surface area contributed by atoms with Crippen molar-refractivity contribution in [3.63, 3.8) is 0 Å². The first-order chi connectivity index (χ1) is 44.5. The molecule has 0 radical (unpaired) electrons. The maximum Gasteiger partial charge on any atom is 0.268 e. The van der Waals surface area contributed by atoms with Crippen LogP contribution in [0.1, 0.15) is 316 Å². The third-order valence-corrected chi connectivity index (χ3v) is 17.2. The Morgan fingerprint density at radius 1 is 0.396 bits per heavy atom. The van der Waals surface area contributed by atoms with Crippen LogP contribution in [0.15, 0.2) is 146 Å². The maximum atomic E-state index is 13.1. The fourth-order valence-electron chi connectivity index (χ4n) is 10.5. The Kier molecular flexibility index (Phi) is 67.9. The number of amides is 1. The van der Waals surface area contributed by atoms with Gasteiger partial charge in [-0.2, -0.15) is 0 Å². The number of phosphoric ester groups is 1. The summed E-state index contributed by atoms with van der Waals surface area (Å²) >= 11 is 0. The van der Waals surface area contributed by atoms with Gasteiger partial charge in [0, 0.05) is 6.42 Å². The van der Waals surface area contributed by atoms with Crippen molar-refractivity contribution in [3.05, 3.63) is 146 Å². The Balaban J connectivity index is 4.15. The number of rotatable bonds is 68. The van der Waals surface area contributed by atoms with Crippen LogP contribution in [-0.4, -0.2) is 68.5 Å². The zero-order valence-electron chi connectivity index (χ0n) is 59.7.